The van der Waals surface area contributed by atoms with E-state index in [-0.39, 0.29) is 18.8 Å². The van der Waals surface area contributed by atoms with E-state index in [1.807, 2.05) is 30.3 Å². The summed E-state index contributed by atoms with van der Waals surface area (Å²) < 4.78 is 27.8. The number of anilines is 1. The Morgan fingerprint density at radius 1 is 1.12 bits per heavy atom. The number of aliphatic hydroxyl groups excluding tert-OH is 1. The average Bonchev–Trinajstić information content (AvgIpc) is 2.94. The van der Waals surface area contributed by atoms with Crippen molar-refractivity contribution in [3.05, 3.63) is 65.7 Å². The molecule has 2 aromatic carbocycles. The van der Waals surface area contributed by atoms with Crippen LogP contribution in [0.15, 0.2) is 48.5 Å². The van der Waals surface area contributed by atoms with Gasteiger partial charge in [-0.15, -0.1) is 0 Å². The molecule has 126 valence electrons. The zero-order chi connectivity index (χ0) is 17.1. The molecule has 2 atom stereocenters. The molecular weight excluding hydrogens is 314 g/mol. The highest BCUT2D eigenvalue weighted by Gasteiger charge is 2.36. The summed E-state index contributed by atoms with van der Waals surface area (Å²) in [6, 6.07) is 11.8. The smallest absolute Gasteiger partial charge is 0.244 e. The third-order valence-electron chi connectivity index (χ3n) is 4.20. The molecule has 0 unspecified atom stereocenters. The third-order valence-corrected chi connectivity index (χ3v) is 4.20. The fourth-order valence-corrected chi connectivity index (χ4v) is 2.99. The number of carbonyl (C=O) groups is 1. The van der Waals surface area contributed by atoms with E-state index in [1.54, 1.807) is 0 Å². The number of halogens is 2. The summed E-state index contributed by atoms with van der Waals surface area (Å²) >= 11 is 0. The lowest BCUT2D eigenvalue weighted by atomic mass is 10.1. The maximum atomic E-state index is 13.9. The van der Waals surface area contributed by atoms with Gasteiger partial charge in [-0.25, -0.2) is 8.78 Å². The maximum Gasteiger partial charge on any atom is 0.244 e. The van der Waals surface area contributed by atoms with Crippen molar-refractivity contribution >= 4 is 11.6 Å². The monoisotopic (exact) mass is 332 g/mol. The minimum Gasteiger partial charge on any atom is -0.394 e. The average molecular weight is 332 g/mol. The summed E-state index contributed by atoms with van der Waals surface area (Å²) in [6.45, 7) is 0.0448. The molecule has 1 aliphatic rings. The van der Waals surface area contributed by atoms with Crippen LogP contribution in [-0.4, -0.2) is 30.2 Å². The SMILES string of the molecule is O=C1[C@H](N[C@H](CO)c2ccccc2)CCN1c1c(F)cccc1F. The predicted octanol–water partition coefficient (Wildman–Crippen LogP) is 2.39. The number of hydrogen-bond donors (Lipinski definition) is 2. The highest BCUT2D eigenvalue weighted by Crippen LogP contribution is 2.28. The summed E-state index contributed by atoms with van der Waals surface area (Å²) in [4.78, 5) is 13.7. The Hall–Kier alpha value is -2.31. The van der Waals surface area contributed by atoms with Gasteiger partial charge in [-0.2, -0.15) is 0 Å². The molecule has 1 saturated heterocycles. The first kappa shape index (κ1) is 16.5. The summed E-state index contributed by atoms with van der Waals surface area (Å²) in [5.41, 5.74) is 0.537. The Bertz CT molecular complexity index is 704. The van der Waals surface area contributed by atoms with Gasteiger partial charge in [0, 0.05) is 6.54 Å². The van der Waals surface area contributed by atoms with Gasteiger partial charge in [0.1, 0.15) is 17.3 Å². The Kier molecular flexibility index (Phi) is 4.87. The van der Waals surface area contributed by atoms with Crippen molar-refractivity contribution in [3.8, 4) is 0 Å². The van der Waals surface area contributed by atoms with Gasteiger partial charge in [0.15, 0.2) is 0 Å². The molecule has 1 heterocycles. The highest BCUT2D eigenvalue weighted by molar-refractivity contribution is 5.99. The van der Waals surface area contributed by atoms with Gasteiger partial charge >= 0.3 is 0 Å². The van der Waals surface area contributed by atoms with Crippen molar-refractivity contribution in [1.29, 1.82) is 0 Å². The van der Waals surface area contributed by atoms with Gasteiger partial charge in [0.2, 0.25) is 5.91 Å². The van der Waals surface area contributed by atoms with Crippen LogP contribution in [0.4, 0.5) is 14.5 Å². The second-order valence-electron chi connectivity index (χ2n) is 5.71. The predicted molar refractivity (Wildman–Crippen MR) is 86.5 cm³/mol. The summed E-state index contributed by atoms with van der Waals surface area (Å²) in [6.07, 6.45) is 0.413. The molecule has 2 N–H and O–H groups in total. The van der Waals surface area contributed by atoms with Crippen LogP contribution in [0.3, 0.4) is 0 Å². The topological polar surface area (TPSA) is 52.6 Å². The van der Waals surface area contributed by atoms with E-state index in [0.29, 0.717) is 6.42 Å². The van der Waals surface area contributed by atoms with Gasteiger partial charge in [0.05, 0.1) is 18.7 Å². The van der Waals surface area contributed by atoms with Crippen LogP contribution in [-0.2, 0) is 4.79 Å². The number of nitrogens with one attached hydrogen (secondary N) is 1. The van der Waals surface area contributed by atoms with E-state index in [4.69, 9.17) is 0 Å². The van der Waals surface area contributed by atoms with Crippen LogP contribution < -0.4 is 10.2 Å². The molecule has 0 bridgehead atoms. The number of nitrogens with zero attached hydrogens (tertiary/aromatic N) is 1. The molecule has 0 spiro atoms. The van der Waals surface area contributed by atoms with Crippen molar-refractivity contribution in [1.82, 2.24) is 5.32 Å². The number of carbonyl (C=O) groups excluding carboxylic acids is 1. The van der Waals surface area contributed by atoms with Crippen LogP contribution in [0.25, 0.3) is 0 Å². The van der Waals surface area contributed by atoms with Crippen LogP contribution in [0.2, 0.25) is 0 Å². The molecule has 24 heavy (non-hydrogen) atoms. The molecule has 0 radical (unpaired) electrons. The van der Waals surface area contributed by atoms with Crippen LogP contribution in [0, 0.1) is 11.6 Å². The maximum absolute atomic E-state index is 13.9. The molecule has 1 amide bonds. The van der Waals surface area contributed by atoms with Crippen molar-refractivity contribution < 1.29 is 18.7 Å². The minimum atomic E-state index is -0.759. The van der Waals surface area contributed by atoms with Crippen LogP contribution in [0.5, 0.6) is 0 Å². The lowest BCUT2D eigenvalue weighted by Crippen LogP contribution is -2.41. The van der Waals surface area contributed by atoms with Crippen molar-refractivity contribution in [2.45, 2.75) is 18.5 Å². The van der Waals surface area contributed by atoms with E-state index >= 15 is 0 Å². The van der Waals surface area contributed by atoms with E-state index in [9.17, 15) is 18.7 Å². The molecule has 4 nitrogen and oxygen atoms in total. The molecule has 0 aliphatic carbocycles. The third kappa shape index (κ3) is 3.16. The van der Waals surface area contributed by atoms with Gasteiger partial charge in [0.25, 0.3) is 0 Å². The van der Waals surface area contributed by atoms with Gasteiger partial charge in [-0.05, 0) is 24.1 Å². The molecule has 3 rings (SSSR count). The molecule has 0 saturated carbocycles. The fraction of sp³-hybridized carbons (Fsp3) is 0.278. The Morgan fingerprint density at radius 2 is 1.79 bits per heavy atom. The minimum absolute atomic E-state index is 0.179. The molecule has 6 heteroatoms. The number of aliphatic hydroxyl groups is 1. The van der Waals surface area contributed by atoms with Crippen molar-refractivity contribution in [2.75, 3.05) is 18.1 Å². The number of hydrogen-bond acceptors (Lipinski definition) is 3. The summed E-state index contributed by atoms with van der Waals surface area (Å²) in [5.74, 6) is -1.91. The molecule has 1 fully saturated rings. The number of amides is 1. The molecule has 0 aromatic heterocycles. The normalized spacial score (nSPS) is 18.9. The Morgan fingerprint density at radius 3 is 2.42 bits per heavy atom. The summed E-state index contributed by atoms with van der Waals surface area (Å²) in [7, 11) is 0. The van der Waals surface area contributed by atoms with E-state index in [1.165, 1.54) is 6.07 Å². The van der Waals surface area contributed by atoms with Gasteiger partial charge in [-0.1, -0.05) is 36.4 Å². The van der Waals surface area contributed by atoms with Crippen LogP contribution in [0.1, 0.15) is 18.0 Å². The lowest BCUT2D eigenvalue weighted by molar-refractivity contribution is -0.119. The quantitative estimate of drug-likeness (QED) is 0.884. The fourth-order valence-electron chi connectivity index (χ4n) is 2.99. The standard InChI is InChI=1S/C18H18F2N2O2/c19-13-7-4-8-14(20)17(13)22-10-9-15(18(22)24)21-16(11-23)12-5-2-1-3-6-12/h1-8,15-16,21,23H,9-11H2/t15-,16-/m1/s1. The summed E-state index contributed by atoms with van der Waals surface area (Å²) in [5, 5.41) is 12.7. The van der Waals surface area contributed by atoms with Crippen molar-refractivity contribution in [2.24, 2.45) is 0 Å². The number of para-hydroxylation sites is 1. The first-order chi connectivity index (χ1) is 11.6. The number of rotatable bonds is 5. The first-order valence-corrected chi connectivity index (χ1v) is 7.79. The zero-order valence-electron chi connectivity index (χ0n) is 13.0. The van der Waals surface area contributed by atoms with Crippen LogP contribution >= 0.6 is 0 Å². The van der Waals surface area contributed by atoms with Gasteiger partial charge < -0.3 is 10.0 Å². The van der Waals surface area contributed by atoms with E-state index < -0.39 is 29.6 Å². The Labute approximate surface area is 138 Å². The second-order valence-corrected chi connectivity index (χ2v) is 5.71. The van der Waals surface area contributed by atoms with Crippen molar-refractivity contribution in [3.63, 3.8) is 0 Å². The highest BCUT2D eigenvalue weighted by atomic mass is 19.1. The Balaban J connectivity index is 1.77. The number of benzene rings is 2. The largest absolute Gasteiger partial charge is 0.394 e. The molecular formula is C18H18F2N2O2. The first-order valence-electron chi connectivity index (χ1n) is 7.79. The lowest BCUT2D eigenvalue weighted by Gasteiger charge is -2.22. The second kappa shape index (κ2) is 7.07. The van der Waals surface area contributed by atoms with E-state index in [0.717, 1.165) is 22.6 Å². The van der Waals surface area contributed by atoms with E-state index in [2.05, 4.69) is 5.32 Å². The molecule has 2 aromatic rings. The molecule has 1 aliphatic heterocycles. The van der Waals surface area contributed by atoms with Gasteiger partial charge in [-0.3, -0.25) is 10.1 Å². The zero-order valence-corrected chi connectivity index (χ0v) is 13.0.